The van der Waals surface area contributed by atoms with Gasteiger partial charge in [0.05, 0.1) is 6.26 Å². The molecule has 0 bridgehead atoms. The van der Waals surface area contributed by atoms with Gasteiger partial charge in [0.25, 0.3) is 5.91 Å². The predicted octanol–water partition coefficient (Wildman–Crippen LogP) is -0.117. The Labute approximate surface area is 74.9 Å². The van der Waals surface area contributed by atoms with Crippen molar-refractivity contribution in [2.75, 3.05) is 0 Å². The van der Waals surface area contributed by atoms with Gasteiger partial charge in [-0.2, -0.15) is 0 Å². The molecule has 0 saturated heterocycles. The van der Waals surface area contributed by atoms with Crippen LogP contribution in [-0.2, 0) is 4.79 Å². The second kappa shape index (κ2) is 3.75. The minimum Gasteiger partial charge on any atom is -0.459 e. The van der Waals surface area contributed by atoms with Crippen molar-refractivity contribution in [2.24, 2.45) is 5.73 Å². The zero-order chi connectivity index (χ0) is 9.84. The van der Waals surface area contributed by atoms with Gasteiger partial charge in [0.2, 0.25) is 5.91 Å². The molecule has 5 heteroatoms. The van der Waals surface area contributed by atoms with E-state index in [1.165, 1.54) is 19.3 Å². The largest absolute Gasteiger partial charge is 0.459 e. The average molecular weight is 182 g/mol. The lowest BCUT2D eigenvalue weighted by atomic mass is 10.3. The van der Waals surface area contributed by atoms with Gasteiger partial charge in [-0.25, -0.2) is 0 Å². The fourth-order valence-electron chi connectivity index (χ4n) is 0.747. The van der Waals surface area contributed by atoms with E-state index in [9.17, 15) is 9.59 Å². The van der Waals surface area contributed by atoms with Gasteiger partial charge >= 0.3 is 0 Å². The average Bonchev–Trinajstić information content (AvgIpc) is 2.55. The first-order chi connectivity index (χ1) is 6.11. The van der Waals surface area contributed by atoms with Crippen molar-refractivity contribution in [3.63, 3.8) is 0 Å². The molecule has 70 valence electrons. The first-order valence-electron chi connectivity index (χ1n) is 3.75. The zero-order valence-corrected chi connectivity index (χ0v) is 7.11. The highest BCUT2D eigenvalue weighted by Crippen LogP contribution is 1.99. The molecular formula is C8H10N2O3. The minimum atomic E-state index is -0.697. The Kier molecular flexibility index (Phi) is 2.69. The molecule has 0 aliphatic rings. The lowest BCUT2D eigenvalue weighted by Gasteiger charge is -2.07. The van der Waals surface area contributed by atoms with E-state index in [-0.39, 0.29) is 5.76 Å². The van der Waals surface area contributed by atoms with E-state index in [2.05, 4.69) is 5.32 Å². The molecule has 3 N–H and O–H groups in total. The van der Waals surface area contributed by atoms with Crippen molar-refractivity contribution >= 4 is 11.8 Å². The molecule has 5 nitrogen and oxygen atoms in total. The molecule has 2 amide bonds. The molecule has 1 atom stereocenters. The summed E-state index contributed by atoms with van der Waals surface area (Å²) in [4.78, 5) is 21.8. The number of nitrogens with one attached hydrogen (secondary N) is 1. The van der Waals surface area contributed by atoms with Crippen LogP contribution in [0.3, 0.4) is 0 Å². The summed E-state index contributed by atoms with van der Waals surface area (Å²) in [7, 11) is 0. The molecule has 0 saturated carbocycles. The molecule has 13 heavy (non-hydrogen) atoms. The molecule has 0 fully saturated rings. The third-order valence-electron chi connectivity index (χ3n) is 1.52. The highest BCUT2D eigenvalue weighted by atomic mass is 16.3. The molecule has 1 aromatic rings. The van der Waals surface area contributed by atoms with Crippen LogP contribution in [0, 0.1) is 0 Å². The standard InChI is InChI=1S/C8H10N2O3/c1-5(7(9)11)10-8(12)6-3-2-4-13-6/h2-5H,1H3,(H2,9,11)(H,10,12)/t5-/m0/s1. The summed E-state index contributed by atoms with van der Waals surface area (Å²) < 4.78 is 4.81. The smallest absolute Gasteiger partial charge is 0.287 e. The van der Waals surface area contributed by atoms with Gasteiger partial charge < -0.3 is 15.5 Å². The van der Waals surface area contributed by atoms with E-state index in [0.717, 1.165) is 0 Å². The van der Waals surface area contributed by atoms with Crippen LogP contribution < -0.4 is 11.1 Å². The number of hydrogen-bond donors (Lipinski definition) is 2. The Morgan fingerprint density at radius 2 is 2.31 bits per heavy atom. The lowest BCUT2D eigenvalue weighted by molar-refractivity contribution is -0.119. The Balaban J connectivity index is 2.56. The van der Waals surface area contributed by atoms with Gasteiger partial charge in [-0.1, -0.05) is 0 Å². The molecule has 1 heterocycles. The van der Waals surface area contributed by atoms with Crippen LogP contribution in [0.4, 0.5) is 0 Å². The number of hydrogen-bond acceptors (Lipinski definition) is 3. The van der Waals surface area contributed by atoms with Gasteiger partial charge in [0, 0.05) is 0 Å². The normalized spacial score (nSPS) is 12.1. The van der Waals surface area contributed by atoms with E-state index < -0.39 is 17.9 Å². The molecule has 0 radical (unpaired) electrons. The summed E-state index contributed by atoms with van der Waals surface area (Å²) in [6.07, 6.45) is 1.38. The molecular weight excluding hydrogens is 172 g/mol. The van der Waals surface area contributed by atoms with Gasteiger partial charge in [-0.15, -0.1) is 0 Å². The summed E-state index contributed by atoms with van der Waals surface area (Å²) >= 11 is 0. The third kappa shape index (κ3) is 2.33. The van der Waals surface area contributed by atoms with Crippen molar-refractivity contribution in [3.05, 3.63) is 24.2 Å². The van der Waals surface area contributed by atoms with E-state index >= 15 is 0 Å². The Bertz CT molecular complexity index is 305. The highest BCUT2D eigenvalue weighted by molar-refractivity contribution is 5.94. The molecule has 0 spiro atoms. The number of carbonyl (C=O) groups excluding carboxylic acids is 2. The summed E-state index contributed by atoms with van der Waals surface area (Å²) in [6.45, 7) is 1.50. The Morgan fingerprint density at radius 1 is 1.62 bits per heavy atom. The van der Waals surface area contributed by atoms with Gasteiger partial charge in [0.15, 0.2) is 5.76 Å². The second-order valence-electron chi connectivity index (χ2n) is 2.57. The maximum atomic E-state index is 11.2. The van der Waals surface area contributed by atoms with Crippen LogP contribution in [0.15, 0.2) is 22.8 Å². The molecule has 0 unspecified atom stereocenters. The topological polar surface area (TPSA) is 85.3 Å². The maximum absolute atomic E-state index is 11.2. The summed E-state index contributed by atoms with van der Waals surface area (Å²) in [6, 6.07) is 2.39. The summed E-state index contributed by atoms with van der Waals surface area (Å²) in [5.74, 6) is -0.871. The van der Waals surface area contributed by atoms with Crippen molar-refractivity contribution < 1.29 is 14.0 Å². The van der Waals surface area contributed by atoms with E-state index in [4.69, 9.17) is 10.2 Å². The van der Waals surface area contributed by atoms with Crippen LogP contribution in [-0.4, -0.2) is 17.9 Å². The van der Waals surface area contributed by atoms with Gasteiger partial charge in [-0.05, 0) is 19.1 Å². The fourth-order valence-corrected chi connectivity index (χ4v) is 0.747. The molecule has 0 aromatic carbocycles. The third-order valence-corrected chi connectivity index (χ3v) is 1.52. The molecule has 1 rings (SSSR count). The van der Waals surface area contributed by atoms with Crippen LogP contribution in [0.2, 0.25) is 0 Å². The lowest BCUT2D eigenvalue weighted by Crippen LogP contribution is -2.42. The van der Waals surface area contributed by atoms with Gasteiger partial charge in [0.1, 0.15) is 6.04 Å². The van der Waals surface area contributed by atoms with Crippen LogP contribution in [0.1, 0.15) is 17.5 Å². The van der Waals surface area contributed by atoms with Crippen molar-refractivity contribution in [2.45, 2.75) is 13.0 Å². The summed E-state index contributed by atoms with van der Waals surface area (Å²) in [5.41, 5.74) is 4.95. The van der Waals surface area contributed by atoms with E-state index in [1.54, 1.807) is 6.07 Å². The molecule has 0 aliphatic heterocycles. The van der Waals surface area contributed by atoms with Crippen molar-refractivity contribution in [3.8, 4) is 0 Å². The predicted molar refractivity (Wildman–Crippen MR) is 44.8 cm³/mol. The number of nitrogens with two attached hydrogens (primary N) is 1. The van der Waals surface area contributed by atoms with E-state index in [1.807, 2.05) is 0 Å². The zero-order valence-electron chi connectivity index (χ0n) is 7.11. The first kappa shape index (κ1) is 9.31. The monoisotopic (exact) mass is 182 g/mol. The number of primary amides is 1. The van der Waals surface area contributed by atoms with Gasteiger partial charge in [-0.3, -0.25) is 9.59 Å². The quantitative estimate of drug-likeness (QED) is 0.683. The van der Waals surface area contributed by atoms with Crippen molar-refractivity contribution in [1.29, 1.82) is 0 Å². The maximum Gasteiger partial charge on any atom is 0.287 e. The number of rotatable bonds is 3. The number of amides is 2. The Morgan fingerprint density at radius 3 is 2.77 bits per heavy atom. The van der Waals surface area contributed by atoms with Crippen molar-refractivity contribution in [1.82, 2.24) is 5.32 Å². The van der Waals surface area contributed by atoms with Crippen LogP contribution >= 0.6 is 0 Å². The van der Waals surface area contributed by atoms with Crippen LogP contribution in [0.5, 0.6) is 0 Å². The Hall–Kier alpha value is -1.78. The summed E-state index contributed by atoms with van der Waals surface area (Å²) in [5, 5.41) is 2.37. The molecule has 1 aromatic heterocycles. The van der Waals surface area contributed by atoms with E-state index in [0.29, 0.717) is 0 Å². The highest BCUT2D eigenvalue weighted by Gasteiger charge is 2.14. The second-order valence-corrected chi connectivity index (χ2v) is 2.57. The molecule has 0 aliphatic carbocycles. The van der Waals surface area contributed by atoms with Crippen LogP contribution in [0.25, 0.3) is 0 Å². The minimum absolute atomic E-state index is 0.160. The number of carbonyl (C=O) groups is 2. The number of furan rings is 1. The SMILES string of the molecule is C[C@H](NC(=O)c1ccco1)C(N)=O. The first-order valence-corrected chi connectivity index (χ1v) is 3.75. The fraction of sp³-hybridized carbons (Fsp3) is 0.250.